The van der Waals surface area contributed by atoms with Crippen LogP contribution in [0.2, 0.25) is 0 Å². The average molecular weight is 467 g/mol. The fourth-order valence-corrected chi connectivity index (χ4v) is 3.88. The summed E-state index contributed by atoms with van der Waals surface area (Å²) in [5, 5.41) is 10.4. The summed E-state index contributed by atoms with van der Waals surface area (Å²) in [6.45, 7) is -0.318. The Bertz CT molecular complexity index is 1200. The molecule has 0 bridgehead atoms. The Morgan fingerprint density at radius 3 is 2.50 bits per heavy atom. The number of methoxy groups -OCH3 is 1. The number of benzene rings is 3. The van der Waals surface area contributed by atoms with Gasteiger partial charge in [0.05, 0.1) is 7.11 Å². The van der Waals surface area contributed by atoms with Crippen LogP contribution in [0.3, 0.4) is 0 Å². The van der Waals surface area contributed by atoms with Gasteiger partial charge in [-0.2, -0.15) is 0 Å². The molecule has 0 saturated carbocycles. The average Bonchev–Trinajstić information content (AvgIpc) is 2.83. The van der Waals surface area contributed by atoms with E-state index in [0.29, 0.717) is 17.7 Å². The van der Waals surface area contributed by atoms with Crippen LogP contribution in [0.15, 0.2) is 66.7 Å². The summed E-state index contributed by atoms with van der Waals surface area (Å²) < 4.78 is 30.2. The smallest absolute Gasteiger partial charge is 0.493 e. The fourth-order valence-electron chi connectivity index (χ4n) is 3.88. The number of hydroxylamine groups is 2. The molecule has 1 heterocycles. The second-order valence-corrected chi connectivity index (χ2v) is 7.45. The van der Waals surface area contributed by atoms with Gasteiger partial charge in [-0.05, 0) is 47.9 Å². The molecule has 1 aliphatic heterocycles. The van der Waals surface area contributed by atoms with Gasteiger partial charge in [0.15, 0.2) is 18.1 Å². The Hall–Kier alpha value is -4.11. The lowest BCUT2D eigenvalue weighted by molar-refractivity contribution is -0.142. The molecule has 1 atom stereocenters. The van der Waals surface area contributed by atoms with E-state index in [0.717, 1.165) is 11.1 Å². The molecule has 0 saturated heterocycles. The molecule has 1 aliphatic rings. The third-order valence-corrected chi connectivity index (χ3v) is 5.31. The van der Waals surface area contributed by atoms with E-state index in [1.807, 2.05) is 24.3 Å². The fraction of sp³-hybridized carbons (Fsp3) is 0.200. The maximum atomic E-state index is 14.3. The lowest BCUT2D eigenvalue weighted by Gasteiger charge is -2.36. The molecule has 0 amide bonds. The molecule has 1 unspecified atom stereocenters. The quantitative estimate of drug-likeness (QED) is 0.404. The van der Waals surface area contributed by atoms with Crippen LogP contribution in [0.1, 0.15) is 22.7 Å². The second kappa shape index (κ2) is 10.2. The SMILES string of the molecule is COc1ccccc1OC(=O)ON1CCc2ccccc2C1c1cc(F)ccc1OCC(=O)O. The minimum atomic E-state index is -1.17. The van der Waals surface area contributed by atoms with Crippen LogP contribution < -0.4 is 14.2 Å². The van der Waals surface area contributed by atoms with E-state index in [1.165, 1.54) is 30.4 Å². The summed E-state index contributed by atoms with van der Waals surface area (Å²) in [6, 6.07) is 17.1. The molecule has 0 aliphatic carbocycles. The van der Waals surface area contributed by atoms with Gasteiger partial charge in [0.25, 0.3) is 0 Å². The van der Waals surface area contributed by atoms with E-state index in [2.05, 4.69) is 0 Å². The minimum absolute atomic E-state index is 0.164. The summed E-state index contributed by atoms with van der Waals surface area (Å²) in [5.41, 5.74) is 2.07. The number of ether oxygens (including phenoxy) is 3. The van der Waals surface area contributed by atoms with E-state index >= 15 is 0 Å². The number of nitrogens with zero attached hydrogens (tertiary/aromatic N) is 1. The van der Waals surface area contributed by atoms with Gasteiger partial charge in [-0.3, -0.25) is 0 Å². The first-order chi connectivity index (χ1) is 16.5. The lowest BCUT2D eigenvalue weighted by atomic mass is 9.89. The Kier molecular flexibility index (Phi) is 6.93. The number of rotatable bonds is 7. The van der Waals surface area contributed by atoms with Crippen molar-refractivity contribution in [2.24, 2.45) is 0 Å². The van der Waals surface area contributed by atoms with E-state index < -0.39 is 30.6 Å². The molecule has 4 rings (SSSR count). The summed E-state index contributed by atoms with van der Waals surface area (Å²) in [4.78, 5) is 29.3. The number of carboxylic acids is 1. The maximum Gasteiger partial charge on any atom is 0.533 e. The van der Waals surface area contributed by atoms with Gasteiger partial charge in [0, 0.05) is 12.1 Å². The Balaban J connectivity index is 1.67. The van der Waals surface area contributed by atoms with Crippen molar-refractivity contribution in [3.8, 4) is 17.2 Å². The van der Waals surface area contributed by atoms with Crippen molar-refractivity contribution in [1.29, 1.82) is 0 Å². The predicted molar refractivity (Wildman–Crippen MR) is 118 cm³/mol. The molecule has 0 aromatic heterocycles. The van der Waals surface area contributed by atoms with Crippen LogP contribution in [0.25, 0.3) is 0 Å². The summed E-state index contributed by atoms with van der Waals surface area (Å²) in [5.74, 6) is -1.02. The van der Waals surface area contributed by atoms with E-state index in [1.54, 1.807) is 24.3 Å². The Labute approximate surface area is 195 Å². The minimum Gasteiger partial charge on any atom is -0.493 e. The first kappa shape index (κ1) is 23.1. The number of fused-ring (bicyclic) bond motifs is 1. The molecule has 8 nitrogen and oxygen atoms in total. The molecular weight excluding hydrogens is 445 g/mol. The van der Waals surface area contributed by atoms with Crippen molar-refractivity contribution in [3.05, 3.63) is 89.2 Å². The van der Waals surface area contributed by atoms with Crippen molar-refractivity contribution in [1.82, 2.24) is 5.06 Å². The van der Waals surface area contributed by atoms with Gasteiger partial charge in [-0.1, -0.05) is 36.4 Å². The molecule has 1 N–H and O–H groups in total. The number of para-hydroxylation sites is 2. The van der Waals surface area contributed by atoms with Crippen LogP contribution >= 0.6 is 0 Å². The largest absolute Gasteiger partial charge is 0.533 e. The zero-order chi connectivity index (χ0) is 24.1. The van der Waals surface area contributed by atoms with Crippen molar-refractivity contribution < 1.29 is 38.1 Å². The van der Waals surface area contributed by atoms with Gasteiger partial charge in [-0.25, -0.2) is 14.0 Å². The van der Waals surface area contributed by atoms with Crippen LogP contribution in [0.5, 0.6) is 17.2 Å². The second-order valence-electron chi connectivity index (χ2n) is 7.45. The van der Waals surface area contributed by atoms with Crippen LogP contribution in [-0.2, 0) is 16.1 Å². The highest BCUT2D eigenvalue weighted by Gasteiger charge is 2.34. The van der Waals surface area contributed by atoms with Gasteiger partial charge in [0.2, 0.25) is 0 Å². The van der Waals surface area contributed by atoms with Gasteiger partial charge >= 0.3 is 12.1 Å². The van der Waals surface area contributed by atoms with Crippen molar-refractivity contribution >= 4 is 12.1 Å². The topological polar surface area (TPSA) is 94.5 Å². The number of carbonyl (C=O) groups excluding carboxylic acids is 1. The highest BCUT2D eigenvalue weighted by atomic mass is 19.1. The number of carbonyl (C=O) groups is 2. The maximum absolute atomic E-state index is 14.3. The number of halogens is 1. The summed E-state index contributed by atoms with van der Waals surface area (Å²) in [7, 11) is 1.45. The Morgan fingerprint density at radius 2 is 1.74 bits per heavy atom. The van der Waals surface area contributed by atoms with Crippen molar-refractivity contribution in [2.45, 2.75) is 12.5 Å². The Morgan fingerprint density at radius 1 is 1.00 bits per heavy atom. The van der Waals surface area contributed by atoms with Gasteiger partial charge in [-0.15, -0.1) is 5.06 Å². The number of aliphatic carboxylic acids is 1. The third-order valence-electron chi connectivity index (χ3n) is 5.31. The van der Waals surface area contributed by atoms with Crippen molar-refractivity contribution in [2.75, 3.05) is 20.3 Å². The first-order valence-corrected chi connectivity index (χ1v) is 10.5. The standard InChI is InChI=1S/C25H22FNO7/c1-31-21-8-4-5-9-22(21)33-25(30)34-27-13-12-16-6-2-3-7-18(16)24(27)19-14-17(26)10-11-20(19)32-15-23(28)29/h2-11,14,24H,12-13,15H2,1H3,(H,28,29). The zero-order valence-corrected chi connectivity index (χ0v) is 18.3. The highest BCUT2D eigenvalue weighted by Crippen LogP contribution is 2.40. The van der Waals surface area contributed by atoms with E-state index in [-0.39, 0.29) is 18.0 Å². The van der Waals surface area contributed by atoms with Crippen LogP contribution in [0, 0.1) is 5.82 Å². The normalized spacial score (nSPS) is 15.2. The number of hydrogen-bond acceptors (Lipinski definition) is 7. The molecule has 9 heteroatoms. The molecule has 34 heavy (non-hydrogen) atoms. The highest BCUT2D eigenvalue weighted by molar-refractivity contribution is 5.68. The lowest BCUT2D eigenvalue weighted by Crippen LogP contribution is -2.38. The molecule has 0 radical (unpaired) electrons. The molecule has 3 aromatic carbocycles. The van der Waals surface area contributed by atoms with Crippen molar-refractivity contribution in [3.63, 3.8) is 0 Å². The van der Waals surface area contributed by atoms with Crippen LogP contribution in [-0.4, -0.2) is 42.6 Å². The zero-order valence-electron chi connectivity index (χ0n) is 18.3. The first-order valence-electron chi connectivity index (χ1n) is 10.5. The van der Waals surface area contributed by atoms with Crippen LogP contribution in [0.4, 0.5) is 9.18 Å². The summed E-state index contributed by atoms with van der Waals surface area (Å²) >= 11 is 0. The molecular formula is C25H22FNO7. The molecule has 0 fully saturated rings. The van der Waals surface area contributed by atoms with E-state index in [9.17, 15) is 14.0 Å². The summed E-state index contributed by atoms with van der Waals surface area (Å²) in [6.07, 6.45) is -0.437. The van der Waals surface area contributed by atoms with Gasteiger partial charge in [0.1, 0.15) is 17.6 Å². The third kappa shape index (κ3) is 5.10. The molecule has 0 spiro atoms. The predicted octanol–water partition coefficient (Wildman–Crippen LogP) is 4.38. The monoisotopic (exact) mass is 467 g/mol. The number of hydrogen-bond donors (Lipinski definition) is 1. The van der Waals surface area contributed by atoms with Gasteiger partial charge < -0.3 is 24.2 Å². The van der Waals surface area contributed by atoms with E-state index in [4.69, 9.17) is 24.2 Å². The molecule has 176 valence electrons. The number of carboxylic acid groups (broad SMARTS) is 1. The molecule has 3 aromatic rings.